The van der Waals surface area contributed by atoms with Crippen LogP contribution in [0.15, 0.2) is 73.1 Å². The lowest BCUT2D eigenvalue weighted by molar-refractivity contribution is -0.122. The smallest absolute Gasteiger partial charge is 0.329 e. The van der Waals surface area contributed by atoms with Crippen molar-refractivity contribution >= 4 is 28.9 Å². The maximum atomic E-state index is 12.5. The predicted octanol–water partition coefficient (Wildman–Crippen LogP) is 4.08. The van der Waals surface area contributed by atoms with Gasteiger partial charge in [0.15, 0.2) is 0 Å². The number of aromatic nitrogens is 1. The van der Waals surface area contributed by atoms with Gasteiger partial charge in [0.05, 0.1) is 0 Å². The van der Waals surface area contributed by atoms with E-state index >= 15 is 0 Å². The Hall–Kier alpha value is -3.60. The van der Waals surface area contributed by atoms with Crippen LogP contribution in [0.3, 0.4) is 0 Å². The number of rotatable bonds is 5. The minimum atomic E-state index is -0.417. The third-order valence-corrected chi connectivity index (χ3v) is 4.87. The Labute approximate surface area is 163 Å². The van der Waals surface area contributed by atoms with Gasteiger partial charge in [-0.15, -0.1) is 6.58 Å². The Morgan fingerprint density at radius 3 is 2.57 bits per heavy atom. The van der Waals surface area contributed by atoms with Crippen molar-refractivity contribution in [1.29, 1.82) is 0 Å². The average Bonchev–Trinajstić information content (AvgIpc) is 3.17. The molecule has 1 N–H and O–H groups in total. The van der Waals surface area contributed by atoms with Gasteiger partial charge in [0.1, 0.15) is 5.70 Å². The summed E-state index contributed by atoms with van der Waals surface area (Å²) in [5, 5.41) is 3.69. The first kappa shape index (κ1) is 17.8. The molecule has 0 spiro atoms. The molecule has 0 atom stereocenters. The summed E-state index contributed by atoms with van der Waals surface area (Å²) in [7, 11) is 0. The number of carbonyl (C=O) groups excluding carboxylic acids is 2. The first-order valence-corrected chi connectivity index (χ1v) is 9.15. The lowest BCUT2D eigenvalue weighted by Crippen LogP contribution is -2.30. The molecule has 0 unspecified atom stereocenters. The number of imide groups is 1. The van der Waals surface area contributed by atoms with E-state index in [1.54, 1.807) is 6.08 Å². The molecule has 1 aliphatic heterocycles. The molecule has 1 aliphatic rings. The summed E-state index contributed by atoms with van der Waals surface area (Å²) in [5.41, 5.74) is 4.69. The number of aryl methyl sites for hydroxylation is 1. The first-order chi connectivity index (χ1) is 13.6. The van der Waals surface area contributed by atoms with Crippen molar-refractivity contribution in [2.24, 2.45) is 0 Å². The molecule has 3 aromatic rings. The number of hydrogen-bond donors (Lipinski definition) is 1. The maximum Gasteiger partial charge on any atom is 0.329 e. The van der Waals surface area contributed by atoms with Crippen LogP contribution in [0.2, 0.25) is 0 Å². The van der Waals surface area contributed by atoms with E-state index in [0.29, 0.717) is 0 Å². The van der Waals surface area contributed by atoms with E-state index in [1.165, 1.54) is 17.2 Å². The van der Waals surface area contributed by atoms with E-state index in [1.807, 2.05) is 24.4 Å². The van der Waals surface area contributed by atoms with Crippen molar-refractivity contribution in [2.75, 3.05) is 6.54 Å². The molecule has 28 heavy (non-hydrogen) atoms. The Morgan fingerprint density at radius 2 is 1.82 bits per heavy atom. The van der Waals surface area contributed by atoms with Crippen molar-refractivity contribution in [3.63, 3.8) is 0 Å². The number of urea groups is 1. The molecule has 2 heterocycles. The van der Waals surface area contributed by atoms with E-state index in [2.05, 4.69) is 53.7 Å². The van der Waals surface area contributed by atoms with Gasteiger partial charge in [-0.25, -0.2) is 4.79 Å². The molecular formula is C23H21N3O2. The monoisotopic (exact) mass is 371 g/mol. The molecule has 3 amide bonds. The largest absolute Gasteiger partial charge is 0.342 e. The maximum absolute atomic E-state index is 12.5. The van der Waals surface area contributed by atoms with E-state index < -0.39 is 6.03 Å². The van der Waals surface area contributed by atoms with Gasteiger partial charge in [-0.1, -0.05) is 54.1 Å². The number of benzene rings is 2. The van der Waals surface area contributed by atoms with Gasteiger partial charge in [-0.05, 0) is 24.6 Å². The first-order valence-electron chi connectivity index (χ1n) is 9.15. The summed E-state index contributed by atoms with van der Waals surface area (Å²) >= 11 is 0. The normalized spacial score (nSPS) is 15.5. The van der Waals surface area contributed by atoms with Crippen LogP contribution in [-0.2, 0) is 11.3 Å². The Balaban J connectivity index is 1.72. The highest BCUT2D eigenvalue weighted by atomic mass is 16.2. The molecule has 0 aliphatic carbocycles. The quantitative estimate of drug-likeness (QED) is 0.417. The number of hydrogen-bond acceptors (Lipinski definition) is 2. The van der Waals surface area contributed by atoms with Crippen molar-refractivity contribution in [1.82, 2.24) is 14.8 Å². The molecule has 0 radical (unpaired) electrons. The summed E-state index contributed by atoms with van der Waals surface area (Å²) < 4.78 is 2.16. The summed E-state index contributed by atoms with van der Waals surface area (Å²) in [6, 6.07) is 16.1. The number of carbonyl (C=O) groups is 2. The molecule has 140 valence electrons. The molecule has 1 saturated heterocycles. The minimum Gasteiger partial charge on any atom is -0.342 e. The molecule has 1 fully saturated rings. The zero-order valence-electron chi connectivity index (χ0n) is 15.7. The highest BCUT2D eigenvalue weighted by Crippen LogP contribution is 2.25. The van der Waals surface area contributed by atoms with Crippen LogP contribution in [-0.4, -0.2) is 28.0 Å². The third kappa shape index (κ3) is 3.22. The molecular weight excluding hydrogens is 350 g/mol. The van der Waals surface area contributed by atoms with Crippen LogP contribution >= 0.6 is 0 Å². The lowest BCUT2D eigenvalue weighted by Gasteiger charge is -2.06. The van der Waals surface area contributed by atoms with Gasteiger partial charge in [0.25, 0.3) is 5.91 Å². The number of nitrogens with zero attached hydrogens (tertiary/aromatic N) is 2. The van der Waals surface area contributed by atoms with Crippen molar-refractivity contribution < 1.29 is 9.59 Å². The highest BCUT2D eigenvalue weighted by molar-refractivity contribution is 6.14. The van der Waals surface area contributed by atoms with Crippen molar-refractivity contribution in [3.05, 3.63) is 89.8 Å². The molecule has 0 bridgehead atoms. The van der Waals surface area contributed by atoms with Crippen LogP contribution < -0.4 is 5.32 Å². The van der Waals surface area contributed by atoms with Crippen LogP contribution in [0.1, 0.15) is 16.7 Å². The summed E-state index contributed by atoms with van der Waals surface area (Å²) in [5.74, 6) is -0.333. The fraction of sp³-hybridized carbons (Fsp3) is 0.130. The van der Waals surface area contributed by atoms with Gasteiger partial charge in [-0.2, -0.15) is 0 Å². The van der Waals surface area contributed by atoms with Crippen LogP contribution in [0, 0.1) is 6.92 Å². The summed E-state index contributed by atoms with van der Waals surface area (Å²) in [6.07, 6.45) is 5.30. The summed E-state index contributed by atoms with van der Waals surface area (Å²) in [4.78, 5) is 25.7. The number of amides is 3. The molecule has 4 rings (SSSR count). The second-order valence-electron chi connectivity index (χ2n) is 6.91. The van der Waals surface area contributed by atoms with Crippen LogP contribution in [0.25, 0.3) is 17.0 Å². The van der Waals surface area contributed by atoms with Gasteiger partial charge in [0.2, 0.25) is 0 Å². The van der Waals surface area contributed by atoms with Crippen LogP contribution in [0.4, 0.5) is 4.79 Å². The molecule has 5 heteroatoms. The van der Waals surface area contributed by atoms with Gasteiger partial charge in [0, 0.05) is 35.8 Å². The van der Waals surface area contributed by atoms with E-state index in [9.17, 15) is 9.59 Å². The van der Waals surface area contributed by atoms with Gasteiger partial charge >= 0.3 is 6.03 Å². The highest BCUT2D eigenvalue weighted by Gasteiger charge is 2.32. The molecule has 0 saturated carbocycles. The van der Waals surface area contributed by atoms with Crippen molar-refractivity contribution in [3.8, 4) is 0 Å². The predicted molar refractivity (Wildman–Crippen MR) is 111 cm³/mol. The van der Waals surface area contributed by atoms with Gasteiger partial charge in [-0.3, -0.25) is 9.69 Å². The van der Waals surface area contributed by atoms with Gasteiger partial charge < -0.3 is 9.88 Å². The average molecular weight is 371 g/mol. The second kappa shape index (κ2) is 7.19. The minimum absolute atomic E-state index is 0.192. The number of nitrogens with one attached hydrogen (secondary N) is 1. The third-order valence-electron chi connectivity index (χ3n) is 4.87. The SMILES string of the molecule is C=CCN1C(=O)N/C(=C/c2cn(Cc3ccc(C)cc3)c3ccccc23)C1=O. The lowest BCUT2D eigenvalue weighted by atomic mass is 10.1. The molecule has 2 aromatic carbocycles. The zero-order valence-corrected chi connectivity index (χ0v) is 15.7. The Kier molecular flexibility index (Phi) is 4.57. The number of para-hydroxylation sites is 1. The standard InChI is InChI=1S/C23H21N3O2/c1-3-12-26-22(27)20(24-23(26)28)13-18-15-25(21-7-5-4-6-19(18)21)14-17-10-8-16(2)9-11-17/h3-11,13,15H,1,12,14H2,2H3,(H,24,28)/b20-13+. The number of fused-ring (bicyclic) bond motifs is 1. The van der Waals surface area contributed by atoms with E-state index in [-0.39, 0.29) is 18.1 Å². The Bertz CT molecular complexity index is 1110. The van der Waals surface area contributed by atoms with E-state index in [4.69, 9.17) is 0 Å². The fourth-order valence-corrected chi connectivity index (χ4v) is 3.43. The second-order valence-corrected chi connectivity index (χ2v) is 6.91. The Morgan fingerprint density at radius 1 is 1.07 bits per heavy atom. The topological polar surface area (TPSA) is 54.3 Å². The summed E-state index contributed by atoms with van der Waals surface area (Å²) in [6.45, 7) is 6.59. The van der Waals surface area contributed by atoms with Crippen LogP contribution in [0.5, 0.6) is 0 Å². The molecule has 5 nitrogen and oxygen atoms in total. The fourth-order valence-electron chi connectivity index (χ4n) is 3.43. The van der Waals surface area contributed by atoms with E-state index in [0.717, 1.165) is 27.9 Å². The molecule has 1 aromatic heterocycles. The zero-order chi connectivity index (χ0) is 19.7. The van der Waals surface area contributed by atoms with Crippen molar-refractivity contribution in [2.45, 2.75) is 13.5 Å².